The van der Waals surface area contributed by atoms with Crippen LogP contribution < -0.4 is 10.5 Å². The van der Waals surface area contributed by atoms with Crippen molar-refractivity contribution < 1.29 is 4.74 Å². The lowest BCUT2D eigenvalue weighted by atomic mass is 9.71. The third-order valence-corrected chi connectivity index (χ3v) is 2.89. The van der Waals surface area contributed by atoms with Crippen LogP contribution in [-0.2, 0) is 0 Å². The van der Waals surface area contributed by atoms with Crippen LogP contribution in [0.2, 0.25) is 0 Å². The second kappa shape index (κ2) is 3.48. The number of nitrogen functional groups attached to an aromatic ring is 1. The van der Waals surface area contributed by atoms with E-state index in [1.165, 1.54) is 19.3 Å². The van der Waals surface area contributed by atoms with Crippen molar-refractivity contribution in [3.63, 3.8) is 0 Å². The van der Waals surface area contributed by atoms with E-state index in [9.17, 15) is 0 Å². The largest absolute Gasteiger partial charge is 0.477 e. The highest BCUT2D eigenvalue weighted by molar-refractivity contribution is 5.35. The first-order chi connectivity index (χ1) is 6.68. The Kier molecular flexibility index (Phi) is 2.32. The number of nitrogens with two attached hydrogens (primary N) is 1. The summed E-state index contributed by atoms with van der Waals surface area (Å²) in [5, 5.41) is 0. The first-order valence-corrected chi connectivity index (χ1v) is 5.02. The van der Waals surface area contributed by atoms with Crippen LogP contribution in [0.4, 0.5) is 5.69 Å². The number of hydrogen-bond acceptors (Lipinski definition) is 3. The van der Waals surface area contributed by atoms with E-state index in [4.69, 9.17) is 10.5 Å². The molecule has 1 heterocycles. The minimum absolute atomic E-state index is 0.378. The summed E-state index contributed by atoms with van der Waals surface area (Å²) in [5.41, 5.74) is 6.58. The molecule has 0 aromatic carbocycles. The van der Waals surface area contributed by atoms with E-state index in [-0.39, 0.29) is 0 Å². The standard InChI is InChI=1S/C11H16N2O/c1-11(5-2-6-11)8-14-10-4-3-9(12)7-13-10/h3-4,7H,2,5-6,8,12H2,1H3. The molecule has 14 heavy (non-hydrogen) atoms. The number of aromatic nitrogens is 1. The summed E-state index contributed by atoms with van der Waals surface area (Å²) in [6.07, 6.45) is 5.48. The Morgan fingerprint density at radius 1 is 1.50 bits per heavy atom. The minimum Gasteiger partial charge on any atom is -0.477 e. The molecule has 3 nitrogen and oxygen atoms in total. The van der Waals surface area contributed by atoms with E-state index < -0.39 is 0 Å². The van der Waals surface area contributed by atoms with Gasteiger partial charge in [0.05, 0.1) is 18.5 Å². The van der Waals surface area contributed by atoms with Crippen molar-refractivity contribution in [2.75, 3.05) is 12.3 Å². The van der Waals surface area contributed by atoms with Gasteiger partial charge < -0.3 is 10.5 Å². The van der Waals surface area contributed by atoms with Crippen molar-refractivity contribution in [1.29, 1.82) is 0 Å². The second-order valence-corrected chi connectivity index (χ2v) is 4.38. The predicted molar refractivity (Wildman–Crippen MR) is 56.1 cm³/mol. The summed E-state index contributed by atoms with van der Waals surface area (Å²) in [6.45, 7) is 3.03. The maximum absolute atomic E-state index is 5.60. The SMILES string of the molecule is CC1(COc2ccc(N)cn2)CCC1. The lowest BCUT2D eigenvalue weighted by molar-refractivity contribution is 0.0749. The molecule has 0 radical (unpaired) electrons. The quantitative estimate of drug-likeness (QED) is 0.798. The summed E-state index contributed by atoms with van der Waals surface area (Å²) in [4.78, 5) is 4.09. The van der Waals surface area contributed by atoms with Gasteiger partial charge in [-0.05, 0) is 18.9 Å². The molecule has 3 heteroatoms. The fourth-order valence-electron chi connectivity index (χ4n) is 1.65. The molecule has 0 aliphatic heterocycles. The van der Waals surface area contributed by atoms with E-state index in [1.807, 2.05) is 12.1 Å². The molecule has 0 saturated heterocycles. The van der Waals surface area contributed by atoms with Crippen molar-refractivity contribution in [3.8, 4) is 5.88 Å². The first kappa shape index (κ1) is 9.31. The van der Waals surface area contributed by atoms with Gasteiger partial charge >= 0.3 is 0 Å². The molecule has 1 fully saturated rings. The highest BCUT2D eigenvalue weighted by Gasteiger charge is 2.32. The van der Waals surface area contributed by atoms with Crippen LogP contribution in [0.15, 0.2) is 18.3 Å². The van der Waals surface area contributed by atoms with Crippen LogP contribution in [-0.4, -0.2) is 11.6 Å². The first-order valence-electron chi connectivity index (χ1n) is 5.02. The Morgan fingerprint density at radius 3 is 2.79 bits per heavy atom. The summed E-state index contributed by atoms with van der Waals surface area (Å²) in [6, 6.07) is 3.63. The molecular weight excluding hydrogens is 176 g/mol. The van der Waals surface area contributed by atoms with E-state index in [0.29, 0.717) is 17.0 Å². The van der Waals surface area contributed by atoms with Gasteiger partial charge in [0.25, 0.3) is 0 Å². The van der Waals surface area contributed by atoms with Crippen LogP contribution in [0, 0.1) is 5.41 Å². The Morgan fingerprint density at radius 2 is 2.29 bits per heavy atom. The highest BCUT2D eigenvalue weighted by atomic mass is 16.5. The fourth-order valence-corrected chi connectivity index (χ4v) is 1.65. The van der Waals surface area contributed by atoms with Gasteiger partial charge in [-0.15, -0.1) is 0 Å². The van der Waals surface area contributed by atoms with Gasteiger partial charge in [-0.25, -0.2) is 4.98 Å². The lowest BCUT2D eigenvalue weighted by Crippen LogP contribution is -2.32. The van der Waals surface area contributed by atoms with E-state index in [2.05, 4.69) is 11.9 Å². The van der Waals surface area contributed by atoms with Gasteiger partial charge in [0, 0.05) is 11.5 Å². The van der Waals surface area contributed by atoms with Crippen molar-refractivity contribution in [3.05, 3.63) is 18.3 Å². The minimum atomic E-state index is 0.378. The van der Waals surface area contributed by atoms with E-state index in [1.54, 1.807) is 6.20 Å². The molecule has 1 aliphatic carbocycles. The number of hydrogen-bond donors (Lipinski definition) is 1. The number of nitrogens with zero attached hydrogens (tertiary/aromatic N) is 1. The molecule has 1 aromatic heterocycles. The van der Waals surface area contributed by atoms with Gasteiger partial charge in [0.1, 0.15) is 0 Å². The van der Waals surface area contributed by atoms with Gasteiger partial charge in [-0.1, -0.05) is 13.3 Å². The van der Waals surface area contributed by atoms with Crippen molar-refractivity contribution in [2.24, 2.45) is 5.41 Å². The maximum Gasteiger partial charge on any atom is 0.213 e. The van der Waals surface area contributed by atoms with Gasteiger partial charge in [0.2, 0.25) is 5.88 Å². The number of anilines is 1. The van der Waals surface area contributed by atoms with Crippen LogP contribution in [0.1, 0.15) is 26.2 Å². The monoisotopic (exact) mass is 192 g/mol. The lowest BCUT2D eigenvalue weighted by Gasteiger charge is -2.37. The predicted octanol–water partition coefficient (Wildman–Crippen LogP) is 2.23. The summed E-state index contributed by atoms with van der Waals surface area (Å²) in [5.74, 6) is 0.673. The highest BCUT2D eigenvalue weighted by Crippen LogP contribution is 2.40. The van der Waals surface area contributed by atoms with Crippen LogP contribution in [0.3, 0.4) is 0 Å². The van der Waals surface area contributed by atoms with Crippen molar-refractivity contribution in [1.82, 2.24) is 4.98 Å². The third-order valence-electron chi connectivity index (χ3n) is 2.89. The zero-order valence-electron chi connectivity index (χ0n) is 8.49. The Hall–Kier alpha value is -1.25. The Labute approximate surface area is 84.3 Å². The molecule has 2 N–H and O–H groups in total. The number of ether oxygens (including phenoxy) is 1. The number of pyridine rings is 1. The van der Waals surface area contributed by atoms with Crippen molar-refractivity contribution >= 4 is 5.69 Å². The molecule has 2 rings (SSSR count). The Bertz CT molecular complexity index is 304. The molecule has 1 aromatic rings. The van der Waals surface area contributed by atoms with Gasteiger partial charge in [-0.2, -0.15) is 0 Å². The zero-order valence-corrected chi connectivity index (χ0v) is 8.49. The number of rotatable bonds is 3. The summed E-state index contributed by atoms with van der Waals surface area (Å²) < 4.78 is 5.60. The Balaban J connectivity index is 1.88. The topological polar surface area (TPSA) is 48.1 Å². The van der Waals surface area contributed by atoms with Crippen LogP contribution in [0.5, 0.6) is 5.88 Å². The van der Waals surface area contributed by atoms with Gasteiger partial charge in [0.15, 0.2) is 0 Å². The van der Waals surface area contributed by atoms with E-state index in [0.717, 1.165) is 6.61 Å². The van der Waals surface area contributed by atoms with Crippen LogP contribution >= 0.6 is 0 Å². The average molecular weight is 192 g/mol. The normalized spacial score (nSPS) is 18.6. The molecule has 0 spiro atoms. The second-order valence-electron chi connectivity index (χ2n) is 4.38. The molecule has 0 bridgehead atoms. The molecular formula is C11H16N2O. The molecule has 0 amide bonds. The third kappa shape index (κ3) is 1.97. The van der Waals surface area contributed by atoms with Crippen LogP contribution in [0.25, 0.3) is 0 Å². The smallest absolute Gasteiger partial charge is 0.213 e. The molecule has 0 unspecified atom stereocenters. The molecule has 1 saturated carbocycles. The molecule has 0 atom stereocenters. The summed E-state index contributed by atoms with van der Waals surface area (Å²) >= 11 is 0. The van der Waals surface area contributed by atoms with Crippen molar-refractivity contribution in [2.45, 2.75) is 26.2 Å². The molecule has 76 valence electrons. The summed E-state index contributed by atoms with van der Waals surface area (Å²) in [7, 11) is 0. The fraction of sp³-hybridized carbons (Fsp3) is 0.545. The molecule has 1 aliphatic rings. The van der Waals surface area contributed by atoms with Gasteiger partial charge in [-0.3, -0.25) is 0 Å². The maximum atomic E-state index is 5.60. The average Bonchev–Trinajstić information content (AvgIpc) is 2.14. The van der Waals surface area contributed by atoms with E-state index >= 15 is 0 Å². The zero-order chi connectivity index (χ0) is 10.0.